The van der Waals surface area contributed by atoms with Crippen LogP contribution in [-0.4, -0.2) is 18.4 Å². The first-order valence-electron chi connectivity index (χ1n) is 10.0. The fourth-order valence-corrected chi connectivity index (χ4v) is 3.34. The van der Waals surface area contributed by atoms with Crippen molar-refractivity contribution in [3.63, 3.8) is 0 Å². The molecule has 29 heavy (non-hydrogen) atoms. The Hall–Kier alpha value is -3.20. The molecular weight excluding hydrogens is 360 g/mol. The Kier molecular flexibility index (Phi) is 7.76. The molecule has 2 aromatic rings. The lowest BCUT2D eigenvalue weighted by Crippen LogP contribution is -2.15. The highest BCUT2D eigenvalue weighted by Gasteiger charge is 2.21. The van der Waals surface area contributed by atoms with Crippen molar-refractivity contribution in [3.05, 3.63) is 102 Å². The minimum atomic E-state index is -0.294. The highest BCUT2D eigenvalue weighted by atomic mass is 16.5. The van der Waals surface area contributed by atoms with Crippen molar-refractivity contribution in [2.24, 2.45) is 0 Å². The molecule has 0 saturated heterocycles. The maximum Gasteiger partial charge on any atom is 0.306 e. The molecule has 148 valence electrons. The monoisotopic (exact) mass is 386 g/mol. The number of carbonyl (C=O) groups is 2. The largest absolute Gasteiger partial charge is 0.461 e. The van der Waals surface area contributed by atoms with Gasteiger partial charge in [-0.15, -0.1) is 0 Å². The van der Waals surface area contributed by atoms with Gasteiger partial charge in [0.05, 0.1) is 6.42 Å². The molecule has 3 heteroatoms. The van der Waals surface area contributed by atoms with E-state index in [1.807, 2.05) is 91.0 Å². The minimum absolute atomic E-state index is 0.0755. The molecule has 1 aliphatic rings. The second-order valence-electron chi connectivity index (χ2n) is 7.07. The lowest BCUT2D eigenvalue weighted by Gasteiger charge is -2.17. The zero-order valence-corrected chi connectivity index (χ0v) is 16.5. The van der Waals surface area contributed by atoms with Crippen molar-refractivity contribution in [2.45, 2.75) is 31.6 Å². The van der Waals surface area contributed by atoms with Crippen molar-refractivity contribution in [3.8, 4) is 0 Å². The van der Waals surface area contributed by atoms with Crippen LogP contribution in [0.25, 0.3) is 6.08 Å². The zero-order valence-electron chi connectivity index (χ0n) is 16.5. The first kappa shape index (κ1) is 20.5. The van der Waals surface area contributed by atoms with Crippen LogP contribution in [0.5, 0.6) is 0 Å². The van der Waals surface area contributed by atoms with Crippen LogP contribution >= 0.6 is 0 Å². The van der Waals surface area contributed by atoms with E-state index >= 15 is 0 Å². The Labute approximate surface area is 172 Å². The van der Waals surface area contributed by atoms with E-state index in [0.29, 0.717) is 6.42 Å². The van der Waals surface area contributed by atoms with Crippen molar-refractivity contribution in [1.82, 2.24) is 0 Å². The third kappa shape index (κ3) is 6.72. The molecule has 0 heterocycles. The number of ketones is 1. The van der Waals surface area contributed by atoms with Crippen molar-refractivity contribution < 1.29 is 14.3 Å². The molecule has 1 unspecified atom stereocenters. The molecule has 0 fully saturated rings. The summed E-state index contributed by atoms with van der Waals surface area (Å²) in [4.78, 5) is 25.1. The van der Waals surface area contributed by atoms with E-state index in [1.165, 1.54) is 0 Å². The smallest absolute Gasteiger partial charge is 0.306 e. The van der Waals surface area contributed by atoms with E-state index in [0.717, 1.165) is 29.5 Å². The zero-order chi connectivity index (χ0) is 20.3. The summed E-state index contributed by atoms with van der Waals surface area (Å²) >= 11 is 0. The molecule has 3 nitrogen and oxygen atoms in total. The summed E-state index contributed by atoms with van der Waals surface area (Å²) in [5.74, 6) is -0.408. The second kappa shape index (κ2) is 11.0. The number of carbonyl (C=O) groups excluding carboxylic acids is 2. The Bertz CT molecular complexity index is 892. The number of esters is 1. The molecule has 0 amide bonds. The van der Waals surface area contributed by atoms with Gasteiger partial charge in [-0.2, -0.15) is 0 Å². The van der Waals surface area contributed by atoms with Crippen molar-refractivity contribution in [1.29, 1.82) is 0 Å². The molecule has 2 aromatic carbocycles. The van der Waals surface area contributed by atoms with Crippen LogP contribution in [0.3, 0.4) is 0 Å². The molecule has 0 spiro atoms. The number of benzene rings is 2. The van der Waals surface area contributed by atoms with Gasteiger partial charge in [-0.1, -0.05) is 85.0 Å². The van der Waals surface area contributed by atoms with Crippen LogP contribution in [0.1, 0.15) is 42.7 Å². The average Bonchev–Trinajstić information content (AvgIpc) is 2.78. The fourth-order valence-electron chi connectivity index (χ4n) is 3.34. The number of hydrogen-bond acceptors (Lipinski definition) is 3. The van der Waals surface area contributed by atoms with E-state index < -0.39 is 0 Å². The number of Topliss-reactive ketones (excluding diaryl/α,β-unsaturated/α-hetero) is 1. The summed E-state index contributed by atoms with van der Waals surface area (Å²) in [7, 11) is 0. The first-order valence-corrected chi connectivity index (χ1v) is 10.0. The SMILES string of the molecule is O=C(CC(CC(=O)C1=CCCC=C1)c1ccccc1)OC/C=C/c1ccccc1. The summed E-state index contributed by atoms with van der Waals surface area (Å²) in [5.41, 5.74) is 2.79. The van der Waals surface area contributed by atoms with Crippen LogP contribution in [-0.2, 0) is 14.3 Å². The summed E-state index contributed by atoms with van der Waals surface area (Å²) in [6.07, 6.45) is 12.0. The van der Waals surface area contributed by atoms with Crippen molar-refractivity contribution >= 4 is 17.8 Å². The molecule has 0 aliphatic heterocycles. The molecule has 0 aromatic heterocycles. The van der Waals surface area contributed by atoms with Crippen LogP contribution in [0, 0.1) is 0 Å². The molecule has 1 atom stereocenters. The summed E-state index contributed by atoms with van der Waals surface area (Å²) in [6, 6.07) is 19.6. The van der Waals surface area contributed by atoms with Crippen LogP contribution in [0.2, 0.25) is 0 Å². The summed E-state index contributed by atoms with van der Waals surface area (Å²) in [5, 5.41) is 0. The van der Waals surface area contributed by atoms with E-state index in [2.05, 4.69) is 0 Å². The average molecular weight is 386 g/mol. The molecule has 0 saturated carbocycles. The molecule has 3 rings (SSSR count). The Morgan fingerprint density at radius 3 is 2.34 bits per heavy atom. The molecule has 0 radical (unpaired) electrons. The molecular formula is C26H26O3. The van der Waals surface area contributed by atoms with E-state index in [1.54, 1.807) is 0 Å². The normalized spacial score (nSPS) is 14.4. The van der Waals surface area contributed by atoms with Gasteiger partial charge in [0.25, 0.3) is 0 Å². The van der Waals surface area contributed by atoms with Gasteiger partial charge in [-0.05, 0) is 30.0 Å². The van der Waals surface area contributed by atoms with Gasteiger partial charge in [-0.25, -0.2) is 0 Å². The maximum atomic E-state index is 12.7. The highest BCUT2D eigenvalue weighted by molar-refractivity contribution is 5.98. The number of ether oxygens (including phenoxy) is 1. The Morgan fingerprint density at radius 2 is 1.66 bits per heavy atom. The van der Waals surface area contributed by atoms with Gasteiger partial charge < -0.3 is 4.74 Å². The lowest BCUT2D eigenvalue weighted by molar-refractivity contribution is -0.142. The number of allylic oxidation sites excluding steroid dienone is 4. The van der Waals surface area contributed by atoms with E-state index in [9.17, 15) is 9.59 Å². The summed E-state index contributed by atoms with van der Waals surface area (Å²) < 4.78 is 5.38. The third-order valence-corrected chi connectivity index (χ3v) is 4.88. The number of rotatable bonds is 9. The fraction of sp³-hybridized carbons (Fsp3) is 0.231. The first-order chi connectivity index (χ1) is 14.2. The van der Waals surface area contributed by atoms with Crippen LogP contribution in [0.15, 0.2) is 90.5 Å². The summed E-state index contributed by atoms with van der Waals surface area (Å²) in [6.45, 7) is 0.219. The minimum Gasteiger partial charge on any atom is -0.461 e. The van der Waals surface area contributed by atoms with E-state index in [-0.39, 0.29) is 30.7 Å². The predicted molar refractivity (Wildman–Crippen MR) is 116 cm³/mol. The Morgan fingerprint density at radius 1 is 0.931 bits per heavy atom. The van der Waals surface area contributed by atoms with Crippen LogP contribution in [0.4, 0.5) is 0 Å². The van der Waals surface area contributed by atoms with Gasteiger partial charge in [-0.3, -0.25) is 9.59 Å². The molecule has 1 aliphatic carbocycles. The maximum absolute atomic E-state index is 12.7. The highest BCUT2D eigenvalue weighted by Crippen LogP contribution is 2.26. The van der Waals surface area contributed by atoms with Crippen LogP contribution < -0.4 is 0 Å². The predicted octanol–water partition coefficient (Wildman–Crippen LogP) is 5.65. The Balaban J connectivity index is 1.58. The van der Waals surface area contributed by atoms with Gasteiger partial charge in [0.2, 0.25) is 0 Å². The quantitative estimate of drug-likeness (QED) is 0.523. The standard InChI is InChI=1S/C26H26O3/c27-25(23-16-8-3-9-17-23)19-24(22-14-6-2-7-15-22)20-26(28)29-18-10-13-21-11-4-1-5-12-21/h1-2,4-8,10-17,24H,3,9,18-20H2/b13-10+. The number of hydrogen-bond donors (Lipinski definition) is 0. The van der Waals surface area contributed by atoms with Gasteiger partial charge in [0.15, 0.2) is 5.78 Å². The molecule has 0 bridgehead atoms. The second-order valence-corrected chi connectivity index (χ2v) is 7.07. The van der Waals surface area contributed by atoms with Gasteiger partial charge >= 0.3 is 5.97 Å². The van der Waals surface area contributed by atoms with Crippen molar-refractivity contribution in [2.75, 3.05) is 6.61 Å². The topological polar surface area (TPSA) is 43.4 Å². The van der Waals surface area contributed by atoms with E-state index in [4.69, 9.17) is 4.74 Å². The van der Waals surface area contributed by atoms with Gasteiger partial charge in [0.1, 0.15) is 6.61 Å². The lowest BCUT2D eigenvalue weighted by atomic mass is 9.88. The van der Waals surface area contributed by atoms with Gasteiger partial charge in [0, 0.05) is 17.9 Å². The molecule has 0 N–H and O–H groups in total. The third-order valence-electron chi connectivity index (χ3n) is 4.88.